The van der Waals surface area contributed by atoms with E-state index in [9.17, 15) is 4.39 Å². The summed E-state index contributed by atoms with van der Waals surface area (Å²) in [5, 5.41) is 3.44. The fraction of sp³-hybridized carbons (Fsp3) is 0.600. The van der Waals surface area contributed by atoms with Crippen molar-refractivity contribution >= 4 is 15.9 Å². The SMILES string of the molecule is CC(C)CC1CNCCC1c1cc(Br)ccc1F. The topological polar surface area (TPSA) is 12.0 Å². The predicted molar refractivity (Wildman–Crippen MR) is 77.3 cm³/mol. The molecule has 2 rings (SSSR count). The molecule has 2 atom stereocenters. The molecule has 0 radical (unpaired) electrons. The van der Waals surface area contributed by atoms with Crippen molar-refractivity contribution in [1.29, 1.82) is 0 Å². The number of hydrogen-bond donors (Lipinski definition) is 1. The van der Waals surface area contributed by atoms with Crippen molar-refractivity contribution in [2.45, 2.75) is 32.6 Å². The fourth-order valence-corrected chi connectivity index (χ4v) is 3.36. The second kappa shape index (κ2) is 6.16. The van der Waals surface area contributed by atoms with Crippen LogP contribution in [0.1, 0.15) is 38.2 Å². The zero-order chi connectivity index (χ0) is 13.1. The van der Waals surface area contributed by atoms with Gasteiger partial charge in [-0.15, -0.1) is 0 Å². The van der Waals surface area contributed by atoms with Crippen molar-refractivity contribution in [2.75, 3.05) is 13.1 Å². The lowest BCUT2D eigenvalue weighted by molar-refractivity contribution is 0.275. The van der Waals surface area contributed by atoms with Crippen molar-refractivity contribution in [2.24, 2.45) is 11.8 Å². The molecule has 1 N–H and O–H groups in total. The van der Waals surface area contributed by atoms with Gasteiger partial charge < -0.3 is 5.32 Å². The van der Waals surface area contributed by atoms with E-state index in [4.69, 9.17) is 0 Å². The third-order valence-corrected chi connectivity index (χ3v) is 4.23. The molecular weight excluding hydrogens is 293 g/mol. The van der Waals surface area contributed by atoms with Crippen molar-refractivity contribution in [3.8, 4) is 0 Å². The van der Waals surface area contributed by atoms with Gasteiger partial charge in [0.2, 0.25) is 0 Å². The summed E-state index contributed by atoms with van der Waals surface area (Å²) < 4.78 is 15.0. The molecule has 0 spiro atoms. The molecular formula is C15H21BrFN. The second-order valence-electron chi connectivity index (χ2n) is 5.65. The van der Waals surface area contributed by atoms with Crippen LogP contribution < -0.4 is 5.32 Å². The fourth-order valence-electron chi connectivity index (χ4n) is 2.98. The molecule has 0 saturated carbocycles. The van der Waals surface area contributed by atoms with Crippen LogP contribution >= 0.6 is 15.9 Å². The molecule has 1 heterocycles. The van der Waals surface area contributed by atoms with Crippen molar-refractivity contribution in [3.05, 3.63) is 34.1 Å². The van der Waals surface area contributed by atoms with Crippen LogP contribution in [0.5, 0.6) is 0 Å². The number of nitrogens with one attached hydrogen (secondary N) is 1. The number of piperidine rings is 1. The first-order valence-corrected chi connectivity index (χ1v) is 7.53. The predicted octanol–water partition coefficient (Wildman–Crippen LogP) is 4.33. The summed E-state index contributed by atoms with van der Waals surface area (Å²) in [6.45, 7) is 6.48. The summed E-state index contributed by atoms with van der Waals surface area (Å²) >= 11 is 3.45. The van der Waals surface area contributed by atoms with Crippen LogP contribution in [0.3, 0.4) is 0 Å². The first-order valence-electron chi connectivity index (χ1n) is 6.73. The maximum atomic E-state index is 14.0. The van der Waals surface area contributed by atoms with Gasteiger partial charge in [0.1, 0.15) is 5.82 Å². The van der Waals surface area contributed by atoms with E-state index in [0.717, 1.165) is 36.0 Å². The zero-order valence-corrected chi connectivity index (χ0v) is 12.6. The van der Waals surface area contributed by atoms with E-state index < -0.39 is 0 Å². The monoisotopic (exact) mass is 313 g/mol. The molecule has 0 aliphatic carbocycles. The Morgan fingerprint density at radius 2 is 2.22 bits per heavy atom. The van der Waals surface area contributed by atoms with Crippen molar-refractivity contribution in [1.82, 2.24) is 5.32 Å². The maximum absolute atomic E-state index is 14.0. The molecule has 1 aliphatic heterocycles. The molecule has 1 saturated heterocycles. The van der Waals surface area contributed by atoms with Gasteiger partial charge in [-0.25, -0.2) is 4.39 Å². The van der Waals surface area contributed by atoms with Gasteiger partial charge in [-0.05, 0) is 67.4 Å². The largest absolute Gasteiger partial charge is 0.316 e. The molecule has 3 heteroatoms. The molecule has 100 valence electrons. The molecule has 0 aromatic heterocycles. The van der Waals surface area contributed by atoms with E-state index in [1.165, 1.54) is 0 Å². The highest BCUT2D eigenvalue weighted by Gasteiger charge is 2.28. The van der Waals surface area contributed by atoms with E-state index in [0.29, 0.717) is 17.8 Å². The number of rotatable bonds is 3. The Morgan fingerprint density at radius 3 is 2.94 bits per heavy atom. The van der Waals surface area contributed by atoms with E-state index in [2.05, 4.69) is 35.1 Å². The molecule has 1 aliphatic rings. The number of benzene rings is 1. The minimum atomic E-state index is -0.0566. The van der Waals surface area contributed by atoms with E-state index in [1.807, 2.05) is 6.07 Å². The van der Waals surface area contributed by atoms with Crippen molar-refractivity contribution in [3.63, 3.8) is 0 Å². The standard InChI is InChI=1S/C15H21BrFN/c1-10(2)7-11-9-18-6-5-13(11)14-8-12(16)3-4-15(14)17/h3-4,8,10-11,13,18H,5-7,9H2,1-2H3. The average molecular weight is 314 g/mol. The number of halogens is 2. The quantitative estimate of drug-likeness (QED) is 0.876. The molecule has 1 aromatic carbocycles. The van der Waals surface area contributed by atoms with Gasteiger partial charge in [-0.3, -0.25) is 0 Å². The summed E-state index contributed by atoms with van der Waals surface area (Å²) in [4.78, 5) is 0. The van der Waals surface area contributed by atoms with Crippen molar-refractivity contribution < 1.29 is 4.39 Å². The van der Waals surface area contributed by atoms with Gasteiger partial charge in [0, 0.05) is 4.47 Å². The Hall–Kier alpha value is -0.410. The molecule has 0 bridgehead atoms. The van der Waals surface area contributed by atoms with Gasteiger partial charge in [0.25, 0.3) is 0 Å². The lowest BCUT2D eigenvalue weighted by atomic mass is 9.77. The summed E-state index contributed by atoms with van der Waals surface area (Å²) in [6, 6.07) is 5.31. The third-order valence-electron chi connectivity index (χ3n) is 3.74. The number of hydrogen-bond acceptors (Lipinski definition) is 1. The lowest BCUT2D eigenvalue weighted by Gasteiger charge is -2.34. The zero-order valence-electron chi connectivity index (χ0n) is 11.0. The van der Waals surface area contributed by atoms with Crippen LogP contribution in [0.2, 0.25) is 0 Å². The third kappa shape index (κ3) is 3.33. The van der Waals surface area contributed by atoms with Crippen LogP contribution in [0, 0.1) is 17.7 Å². The summed E-state index contributed by atoms with van der Waals surface area (Å²) in [5.74, 6) is 1.50. The molecule has 2 unspecified atom stereocenters. The molecule has 1 aromatic rings. The lowest BCUT2D eigenvalue weighted by Crippen LogP contribution is -2.36. The maximum Gasteiger partial charge on any atom is 0.126 e. The highest BCUT2D eigenvalue weighted by molar-refractivity contribution is 9.10. The second-order valence-corrected chi connectivity index (χ2v) is 6.57. The Kier molecular flexibility index (Phi) is 4.79. The normalized spacial score (nSPS) is 24.5. The van der Waals surface area contributed by atoms with Crippen LogP contribution in [-0.2, 0) is 0 Å². The Morgan fingerprint density at radius 1 is 1.44 bits per heavy atom. The van der Waals surface area contributed by atoms with Crippen LogP contribution in [0.15, 0.2) is 22.7 Å². The molecule has 1 nitrogen and oxygen atoms in total. The average Bonchev–Trinajstić information content (AvgIpc) is 2.32. The molecule has 18 heavy (non-hydrogen) atoms. The molecule has 0 amide bonds. The first-order chi connectivity index (χ1) is 8.58. The Labute approximate surface area is 117 Å². The highest BCUT2D eigenvalue weighted by atomic mass is 79.9. The van der Waals surface area contributed by atoms with Gasteiger partial charge in [-0.2, -0.15) is 0 Å². The van der Waals surface area contributed by atoms with E-state index in [1.54, 1.807) is 12.1 Å². The van der Waals surface area contributed by atoms with Gasteiger partial charge >= 0.3 is 0 Å². The Bertz CT molecular complexity index is 405. The minimum absolute atomic E-state index is 0.0566. The van der Waals surface area contributed by atoms with Crippen LogP contribution in [-0.4, -0.2) is 13.1 Å². The molecule has 1 fully saturated rings. The van der Waals surface area contributed by atoms with E-state index in [-0.39, 0.29) is 5.82 Å². The van der Waals surface area contributed by atoms with Crippen LogP contribution in [0.25, 0.3) is 0 Å². The van der Waals surface area contributed by atoms with E-state index >= 15 is 0 Å². The first kappa shape index (κ1) is 14.0. The minimum Gasteiger partial charge on any atom is -0.316 e. The smallest absolute Gasteiger partial charge is 0.126 e. The van der Waals surface area contributed by atoms with Gasteiger partial charge in [-0.1, -0.05) is 29.8 Å². The van der Waals surface area contributed by atoms with Crippen LogP contribution in [0.4, 0.5) is 4.39 Å². The van der Waals surface area contributed by atoms with Gasteiger partial charge in [0.05, 0.1) is 0 Å². The Balaban J connectivity index is 2.24. The summed E-state index contributed by atoms with van der Waals surface area (Å²) in [6.07, 6.45) is 2.19. The summed E-state index contributed by atoms with van der Waals surface area (Å²) in [5.41, 5.74) is 0.886. The summed E-state index contributed by atoms with van der Waals surface area (Å²) in [7, 11) is 0. The highest BCUT2D eigenvalue weighted by Crippen LogP contribution is 2.36. The van der Waals surface area contributed by atoms with Gasteiger partial charge in [0.15, 0.2) is 0 Å².